The van der Waals surface area contributed by atoms with E-state index in [-0.39, 0.29) is 5.91 Å². The number of nitrogens with two attached hydrogens (primary N) is 1. The average Bonchev–Trinajstić information content (AvgIpc) is 3.23. The van der Waals surface area contributed by atoms with Crippen LogP contribution < -0.4 is 15.8 Å². The Kier molecular flexibility index (Phi) is 3.63. The second-order valence-corrected chi connectivity index (χ2v) is 6.00. The highest BCUT2D eigenvalue weighted by atomic mass is 79.9. The fraction of sp³-hybridized carbons (Fsp3) is 0.267. The van der Waals surface area contributed by atoms with Gasteiger partial charge in [0.25, 0.3) is 5.91 Å². The highest BCUT2D eigenvalue weighted by molar-refractivity contribution is 9.10. The van der Waals surface area contributed by atoms with Gasteiger partial charge in [0.05, 0.1) is 18.5 Å². The van der Waals surface area contributed by atoms with Gasteiger partial charge in [0.2, 0.25) is 0 Å². The number of amides is 1. The molecule has 110 valence electrons. The van der Waals surface area contributed by atoms with Gasteiger partial charge in [-0.1, -0.05) is 0 Å². The van der Waals surface area contributed by atoms with Crippen LogP contribution in [-0.2, 0) is 0 Å². The number of rotatable bonds is 4. The first-order chi connectivity index (χ1) is 10.1. The van der Waals surface area contributed by atoms with E-state index in [0.717, 1.165) is 17.3 Å². The summed E-state index contributed by atoms with van der Waals surface area (Å²) in [6, 6.07) is 7.44. The molecule has 1 aromatic heterocycles. The number of aromatic nitrogens is 1. The number of ether oxygens (including phenoxy) is 1. The minimum atomic E-state index is -0.174. The van der Waals surface area contributed by atoms with Crippen molar-refractivity contribution in [2.75, 3.05) is 18.2 Å². The molecule has 5 nitrogen and oxygen atoms in total. The highest BCUT2D eigenvalue weighted by Gasteiger charge is 2.27. The number of benzene rings is 1. The zero-order valence-electron chi connectivity index (χ0n) is 11.6. The molecule has 6 heteroatoms. The molecule has 1 saturated carbocycles. The first-order valence-electron chi connectivity index (χ1n) is 6.70. The van der Waals surface area contributed by atoms with E-state index < -0.39 is 0 Å². The lowest BCUT2D eigenvalue weighted by Gasteiger charge is -2.11. The Balaban J connectivity index is 1.86. The average molecular weight is 350 g/mol. The first-order valence-corrected chi connectivity index (χ1v) is 7.50. The van der Waals surface area contributed by atoms with Crippen LogP contribution in [0, 0.1) is 0 Å². The Morgan fingerprint density at radius 3 is 2.86 bits per heavy atom. The van der Waals surface area contributed by atoms with Crippen LogP contribution in [0.15, 0.2) is 34.9 Å². The third kappa shape index (κ3) is 2.90. The van der Waals surface area contributed by atoms with E-state index in [0.29, 0.717) is 28.9 Å². The fourth-order valence-electron chi connectivity index (χ4n) is 2.24. The second-order valence-electron chi connectivity index (χ2n) is 5.09. The molecule has 1 fully saturated rings. The second kappa shape index (κ2) is 5.44. The standard InChI is InChI=1S/C15H16BrN3O2/c1-21-11-4-5-12(17)13(7-11)18-15(20)14-6-9(16)8-19(14)10-2-3-10/h4-8,10H,2-3,17H2,1H3,(H,18,20). The summed E-state index contributed by atoms with van der Waals surface area (Å²) in [4.78, 5) is 12.5. The van der Waals surface area contributed by atoms with Crippen molar-refractivity contribution >= 4 is 33.2 Å². The van der Waals surface area contributed by atoms with Crippen LogP contribution in [0.2, 0.25) is 0 Å². The van der Waals surface area contributed by atoms with Gasteiger partial charge in [-0.15, -0.1) is 0 Å². The van der Waals surface area contributed by atoms with Gasteiger partial charge < -0.3 is 20.4 Å². The molecule has 3 rings (SSSR count). The molecule has 1 amide bonds. The molecule has 0 spiro atoms. The van der Waals surface area contributed by atoms with Gasteiger partial charge in [-0.2, -0.15) is 0 Å². The van der Waals surface area contributed by atoms with Crippen LogP contribution in [0.4, 0.5) is 11.4 Å². The smallest absolute Gasteiger partial charge is 0.272 e. The third-order valence-electron chi connectivity index (χ3n) is 3.50. The minimum absolute atomic E-state index is 0.174. The maximum atomic E-state index is 12.5. The number of hydrogen-bond donors (Lipinski definition) is 2. The SMILES string of the molecule is COc1ccc(N)c(NC(=O)c2cc(Br)cn2C2CC2)c1. The lowest BCUT2D eigenvalue weighted by atomic mass is 10.2. The molecular formula is C15H16BrN3O2. The van der Waals surface area contributed by atoms with Gasteiger partial charge in [0.1, 0.15) is 11.4 Å². The van der Waals surface area contributed by atoms with Crippen LogP contribution >= 0.6 is 15.9 Å². The highest BCUT2D eigenvalue weighted by Crippen LogP contribution is 2.37. The zero-order chi connectivity index (χ0) is 15.0. The van der Waals surface area contributed by atoms with Crippen LogP contribution in [-0.4, -0.2) is 17.6 Å². The van der Waals surface area contributed by atoms with Crippen molar-refractivity contribution in [2.45, 2.75) is 18.9 Å². The number of carbonyl (C=O) groups is 1. The number of carbonyl (C=O) groups excluding carboxylic acids is 1. The molecular weight excluding hydrogens is 334 g/mol. The van der Waals surface area contributed by atoms with Crippen molar-refractivity contribution in [1.82, 2.24) is 4.57 Å². The van der Waals surface area contributed by atoms with E-state index in [1.165, 1.54) is 0 Å². The Bertz CT molecular complexity index is 692. The number of halogens is 1. The molecule has 1 heterocycles. The van der Waals surface area contributed by atoms with Gasteiger partial charge in [-0.3, -0.25) is 4.79 Å². The number of hydrogen-bond acceptors (Lipinski definition) is 3. The quantitative estimate of drug-likeness (QED) is 0.830. The molecule has 1 aliphatic carbocycles. The van der Waals surface area contributed by atoms with Crippen molar-refractivity contribution in [3.8, 4) is 5.75 Å². The molecule has 0 bridgehead atoms. The fourth-order valence-corrected chi connectivity index (χ4v) is 2.68. The van der Waals surface area contributed by atoms with E-state index in [2.05, 4.69) is 21.2 Å². The summed E-state index contributed by atoms with van der Waals surface area (Å²) >= 11 is 3.42. The zero-order valence-corrected chi connectivity index (χ0v) is 13.2. The predicted octanol–water partition coefficient (Wildman–Crippen LogP) is 3.43. The molecule has 3 N–H and O–H groups in total. The molecule has 21 heavy (non-hydrogen) atoms. The van der Waals surface area contributed by atoms with Gasteiger partial charge >= 0.3 is 0 Å². The Morgan fingerprint density at radius 1 is 1.43 bits per heavy atom. The molecule has 0 unspecified atom stereocenters. The molecule has 0 saturated heterocycles. The summed E-state index contributed by atoms with van der Waals surface area (Å²) in [6.07, 6.45) is 4.17. The van der Waals surface area contributed by atoms with Crippen LogP contribution in [0.3, 0.4) is 0 Å². The van der Waals surface area contributed by atoms with Gasteiger partial charge in [-0.25, -0.2) is 0 Å². The lowest BCUT2D eigenvalue weighted by molar-refractivity contribution is 0.101. The van der Waals surface area contributed by atoms with E-state index >= 15 is 0 Å². The summed E-state index contributed by atoms with van der Waals surface area (Å²) in [7, 11) is 1.58. The van der Waals surface area contributed by atoms with Crippen LogP contribution in [0.25, 0.3) is 0 Å². The van der Waals surface area contributed by atoms with Crippen molar-refractivity contribution in [1.29, 1.82) is 0 Å². The summed E-state index contributed by atoms with van der Waals surface area (Å²) in [5.41, 5.74) is 7.59. The minimum Gasteiger partial charge on any atom is -0.497 e. The largest absolute Gasteiger partial charge is 0.497 e. The molecule has 0 atom stereocenters. The van der Waals surface area contributed by atoms with E-state index in [1.807, 2.05) is 16.8 Å². The van der Waals surface area contributed by atoms with Gasteiger partial charge in [-0.05, 0) is 47.0 Å². The molecule has 2 aromatic rings. The first kappa shape index (κ1) is 14.0. The lowest BCUT2D eigenvalue weighted by Crippen LogP contribution is -2.17. The van der Waals surface area contributed by atoms with Crippen molar-refractivity contribution in [3.05, 3.63) is 40.6 Å². The Hall–Kier alpha value is -1.95. The van der Waals surface area contributed by atoms with Gasteiger partial charge in [0.15, 0.2) is 0 Å². The normalized spacial score (nSPS) is 14.0. The molecule has 1 aromatic carbocycles. The maximum Gasteiger partial charge on any atom is 0.272 e. The predicted molar refractivity (Wildman–Crippen MR) is 85.8 cm³/mol. The third-order valence-corrected chi connectivity index (χ3v) is 3.93. The Labute approximate surface area is 131 Å². The van der Waals surface area contributed by atoms with Crippen molar-refractivity contribution in [2.24, 2.45) is 0 Å². The topological polar surface area (TPSA) is 69.3 Å². The number of nitrogens with one attached hydrogen (secondary N) is 1. The summed E-state index contributed by atoms with van der Waals surface area (Å²) in [5, 5.41) is 2.85. The molecule has 0 radical (unpaired) electrons. The van der Waals surface area contributed by atoms with E-state index in [1.54, 1.807) is 25.3 Å². The van der Waals surface area contributed by atoms with Crippen LogP contribution in [0.1, 0.15) is 29.4 Å². The van der Waals surface area contributed by atoms with E-state index in [9.17, 15) is 4.79 Å². The van der Waals surface area contributed by atoms with Crippen LogP contribution in [0.5, 0.6) is 5.75 Å². The summed E-state index contributed by atoms with van der Waals surface area (Å²) < 4.78 is 8.06. The number of nitrogens with zero attached hydrogens (tertiary/aromatic N) is 1. The Morgan fingerprint density at radius 2 is 2.19 bits per heavy atom. The monoisotopic (exact) mass is 349 g/mol. The number of anilines is 2. The van der Waals surface area contributed by atoms with Crippen molar-refractivity contribution in [3.63, 3.8) is 0 Å². The number of methoxy groups -OCH3 is 1. The molecule has 0 aliphatic heterocycles. The van der Waals surface area contributed by atoms with E-state index in [4.69, 9.17) is 10.5 Å². The molecule has 1 aliphatic rings. The summed E-state index contributed by atoms with van der Waals surface area (Å²) in [6.45, 7) is 0. The summed E-state index contributed by atoms with van der Waals surface area (Å²) in [5.74, 6) is 0.478. The van der Waals surface area contributed by atoms with Crippen molar-refractivity contribution < 1.29 is 9.53 Å². The number of nitrogen functional groups attached to an aromatic ring is 1. The van der Waals surface area contributed by atoms with Gasteiger partial charge in [0, 0.05) is 22.8 Å². The maximum absolute atomic E-state index is 12.5.